The van der Waals surface area contributed by atoms with Gasteiger partial charge in [0.05, 0.1) is 12.5 Å². The predicted octanol–water partition coefficient (Wildman–Crippen LogP) is 3.21. The zero-order valence-electron chi connectivity index (χ0n) is 11.4. The van der Waals surface area contributed by atoms with Gasteiger partial charge in [-0.2, -0.15) is 0 Å². The maximum Gasteiger partial charge on any atom is 0.411 e. The van der Waals surface area contributed by atoms with Crippen LogP contribution in [0.4, 0.5) is 10.5 Å². The molecule has 0 heterocycles. The first-order chi connectivity index (χ1) is 9.06. The monoisotopic (exact) mass is 265 g/mol. The Kier molecular flexibility index (Phi) is 5.85. The topological polar surface area (TPSA) is 64.6 Å². The molecule has 1 atom stereocenters. The zero-order chi connectivity index (χ0) is 14.3. The Hall–Kier alpha value is -2.04. The minimum atomic E-state index is -0.534. The molecule has 1 amide bonds. The molecular formula is C14H19NO4. The van der Waals surface area contributed by atoms with E-state index in [1.54, 1.807) is 31.2 Å². The molecule has 5 heteroatoms. The Labute approximate surface area is 112 Å². The smallest absolute Gasteiger partial charge is 0.411 e. The van der Waals surface area contributed by atoms with Gasteiger partial charge in [-0.05, 0) is 25.5 Å². The first-order valence-corrected chi connectivity index (χ1v) is 6.32. The fraction of sp³-hybridized carbons (Fsp3) is 0.429. The van der Waals surface area contributed by atoms with E-state index in [2.05, 4.69) is 5.32 Å². The SMILES string of the molecule is CCOC(=O)Nc1cccc(OC(=O)C(C)CC)c1. The van der Waals surface area contributed by atoms with E-state index in [1.807, 2.05) is 13.8 Å². The van der Waals surface area contributed by atoms with Crippen LogP contribution < -0.4 is 10.1 Å². The van der Waals surface area contributed by atoms with Gasteiger partial charge in [-0.3, -0.25) is 10.1 Å². The summed E-state index contributed by atoms with van der Waals surface area (Å²) in [4.78, 5) is 22.9. The normalized spacial score (nSPS) is 11.5. The van der Waals surface area contributed by atoms with Crippen molar-refractivity contribution in [2.45, 2.75) is 27.2 Å². The lowest BCUT2D eigenvalue weighted by Crippen LogP contribution is -2.17. The number of amides is 1. The van der Waals surface area contributed by atoms with Gasteiger partial charge in [0, 0.05) is 11.8 Å². The molecule has 5 nitrogen and oxygen atoms in total. The van der Waals surface area contributed by atoms with Crippen molar-refractivity contribution in [1.82, 2.24) is 0 Å². The summed E-state index contributed by atoms with van der Waals surface area (Å²) in [7, 11) is 0. The lowest BCUT2D eigenvalue weighted by atomic mass is 10.1. The standard InChI is InChI=1S/C14H19NO4/c1-4-10(3)13(16)19-12-8-6-7-11(9-12)15-14(17)18-5-2/h6-10H,4-5H2,1-3H3,(H,15,17). The van der Waals surface area contributed by atoms with Crippen molar-refractivity contribution >= 4 is 17.7 Å². The van der Waals surface area contributed by atoms with Crippen LogP contribution in [-0.2, 0) is 9.53 Å². The van der Waals surface area contributed by atoms with Gasteiger partial charge in [0.1, 0.15) is 5.75 Å². The number of carbonyl (C=O) groups is 2. The fourth-order valence-electron chi connectivity index (χ4n) is 1.31. The quantitative estimate of drug-likeness (QED) is 0.656. The van der Waals surface area contributed by atoms with E-state index in [1.165, 1.54) is 0 Å². The highest BCUT2D eigenvalue weighted by atomic mass is 16.5. The van der Waals surface area contributed by atoms with Gasteiger partial charge in [-0.15, -0.1) is 0 Å². The zero-order valence-corrected chi connectivity index (χ0v) is 11.4. The van der Waals surface area contributed by atoms with E-state index < -0.39 is 6.09 Å². The number of anilines is 1. The highest BCUT2D eigenvalue weighted by Gasteiger charge is 2.13. The number of rotatable bonds is 5. The van der Waals surface area contributed by atoms with Crippen molar-refractivity contribution in [1.29, 1.82) is 0 Å². The van der Waals surface area contributed by atoms with Crippen LogP contribution >= 0.6 is 0 Å². The third kappa shape index (κ3) is 4.99. The van der Waals surface area contributed by atoms with Gasteiger partial charge >= 0.3 is 12.1 Å². The summed E-state index contributed by atoms with van der Waals surface area (Å²) in [6.07, 6.45) is 0.187. The molecule has 104 valence electrons. The molecule has 1 aromatic rings. The van der Waals surface area contributed by atoms with Crippen LogP contribution in [0.5, 0.6) is 5.75 Å². The molecule has 0 fully saturated rings. The summed E-state index contributed by atoms with van der Waals surface area (Å²) in [5, 5.41) is 2.55. The molecule has 1 N–H and O–H groups in total. The molecule has 0 aliphatic carbocycles. The molecule has 0 bridgehead atoms. The molecule has 1 unspecified atom stereocenters. The van der Waals surface area contributed by atoms with E-state index in [0.717, 1.165) is 6.42 Å². The number of benzene rings is 1. The number of ether oxygens (including phenoxy) is 2. The average molecular weight is 265 g/mol. The van der Waals surface area contributed by atoms with Crippen molar-refractivity contribution in [3.8, 4) is 5.75 Å². The van der Waals surface area contributed by atoms with Crippen LogP contribution in [0.3, 0.4) is 0 Å². The van der Waals surface area contributed by atoms with Crippen LogP contribution in [-0.4, -0.2) is 18.7 Å². The van der Waals surface area contributed by atoms with Crippen molar-refractivity contribution in [3.05, 3.63) is 24.3 Å². The Balaban J connectivity index is 2.66. The summed E-state index contributed by atoms with van der Waals surface area (Å²) in [6, 6.07) is 6.63. The third-order valence-electron chi connectivity index (χ3n) is 2.59. The van der Waals surface area contributed by atoms with E-state index in [9.17, 15) is 9.59 Å². The largest absolute Gasteiger partial charge is 0.450 e. The first-order valence-electron chi connectivity index (χ1n) is 6.32. The molecule has 0 spiro atoms. The molecule has 19 heavy (non-hydrogen) atoms. The average Bonchev–Trinajstić information content (AvgIpc) is 2.38. The Morgan fingerprint density at radius 3 is 2.68 bits per heavy atom. The molecule has 0 aliphatic heterocycles. The molecule has 0 saturated heterocycles. The Morgan fingerprint density at radius 2 is 2.05 bits per heavy atom. The fourth-order valence-corrected chi connectivity index (χ4v) is 1.31. The van der Waals surface area contributed by atoms with Crippen molar-refractivity contribution in [2.75, 3.05) is 11.9 Å². The van der Waals surface area contributed by atoms with Crippen LogP contribution in [0.25, 0.3) is 0 Å². The van der Waals surface area contributed by atoms with E-state index in [0.29, 0.717) is 18.0 Å². The third-order valence-corrected chi connectivity index (χ3v) is 2.59. The minimum Gasteiger partial charge on any atom is -0.450 e. The molecule has 1 aromatic carbocycles. The van der Waals surface area contributed by atoms with Crippen molar-refractivity contribution < 1.29 is 19.1 Å². The van der Waals surface area contributed by atoms with Crippen molar-refractivity contribution in [3.63, 3.8) is 0 Å². The lowest BCUT2D eigenvalue weighted by molar-refractivity contribution is -0.138. The van der Waals surface area contributed by atoms with Crippen LogP contribution in [0, 0.1) is 5.92 Å². The van der Waals surface area contributed by atoms with Crippen LogP contribution in [0.1, 0.15) is 27.2 Å². The highest BCUT2D eigenvalue weighted by molar-refractivity contribution is 5.85. The molecule has 0 aliphatic rings. The molecule has 0 saturated carbocycles. The number of nitrogens with one attached hydrogen (secondary N) is 1. The summed E-state index contributed by atoms with van der Waals surface area (Å²) in [5.41, 5.74) is 0.521. The second-order valence-corrected chi connectivity index (χ2v) is 4.10. The van der Waals surface area contributed by atoms with E-state index in [-0.39, 0.29) is 11.9 Å². The molecule has 1 rings (SSSR count). The maximum absolute atomic E-state index is 11.6. The second-order valence-electron chi connectivity index (χ2n) is 4.10. The number of esters is 1. The summed E-state index contributed by atoms with van der Waals surface area (Å²) in [5.74, 6) is -0.0305. The van der Waals surface area contributed by atoms with Gasteiger partial charge in [0.15, 0.2) is 0 Å². The molecule has 0 aromatic heterocycles. The predicted molar refractivity (Wildman–Crippen MR) is 72.2 cm³/mol. The number of hydrogen-bond donors (Lipinski definition) is 1. The van der Waals surface area contributed by atoms with Crippen LogP contribution in [0.2, 0.25) is 0 Å². The summed E-state index contributed by atoms with van der Waals surface area (Å²) >= 11 is 0. The maximum atomic E-state index is 11.6. The van der Waals surface area contributed by atoms with E-state index in [4.69, 9.17) is 9.47 Å². The lowest BCUT2D eigenvalue weighted by Gasteiger charge is -2.10. The summed E-state index contributed by atoms with van der Waals surface area (Å²) < 4.78 is 9.98. The van der Waals surface area contributed by atoms with Gasteiger partial charge < -0.3 is 9.47 Å². The number of carbonyl (C=O) groups excluding carboxylic acids is 2. The Bertz CT molecular complexity index is 445. The van der Waals surface area contributed by atoms with Gasteiger partial charge in [0.2, 0.25) is 0 Å². The van der Waals surface area contributed by atoms with Gasteiger partial charge in [-0.1, -0.05) is 19.9 Å². The van der Waals surface area contributed by atoms with Crippen molar-refractivity contribution in [2.24, 2.45) is 5.92 Å². The van der Waals surface area contributed by atoms with Crippen LogP contribution in [0.15, 0.2) is 24.3 Å². The van der Waals surface area contributed by atoms with Gasteiger partial charge in [-0.25, -0.2) is 4.79 Å². The number of hydrogen-bond acceptors (Lipinski definition) is 4. The molecular weight excluding hydrogens is 246 g/mol. The minimum absolute atomic E-state index is 0.151. The highest BCUT2D eigenvalue weighted by Crippen LogP contribution is 2.19. The molecule has 0 radical (unpaired) electrons. The van der Waals surface area contributed by atoms with Gasteiger partial charge in [0.25, 0.3) is 0 Å². The first kappa shape index (κ1) is 15.0. The van der Waals surface area contributed by atoms with E-state index >= 15 is 0 Å². The second kappa shape index (κ2) is 7.41. The summed E-state index contributed by atoms with van der Waals surface area (Å²) in [6.45, 7) is 5.76. The Morgan fingerprint density at radius 1 is 1.32 bits per heavy atom.